The van der Waals surface area contributed by atoms with Gasteiger partial charge in [-0.15, -0.1) is 12.4 Å². The molecule has 0 saturated heterocycles. The molecule has 0 aliphatic carbocycles. The van der Waals surface area contributed by atoms with E-state index in [1.165, 1.54) is 6.07 Å². The maximum absolute atomic E-state index is 10.6. The van der Waals surface area contributed by atoms with Crippen LogP contribution in [0.15, 0.2) is 10.6 Å². The lowest BCUT2D eigenvalue weighted by Crippen LogP contribution is -2.24. The Hall–Kier alpha value is -1.07. The quantitative estimate of drug-likeness (QED) is 0.817. The molecule has 0 fully saturated rings. The second-order valence-electron chi connectivity index (χ2n) is 3.76. The zero-order valence-corrected chi connectivity index (χ0v) is 11.0. The Kier molecular flexibility index (Phi) is 7.58. The van der Waals surface area contributed by atoms with Gasteiger partial charge in [-0.2, -0.15) is 0 Å². The van der Waals surface area contributed by atoms with Crippen LogP contribution in [0.1, 0.15) is 42.9 Å². The minimum Gasteiger partial charge on any atom is -0.476 e. The summed E-state index contributed by atoms with van der Waals surface area (Å²) in [4.78, 5) is 12.8. The van der Waals surface area contributed by atoms with Crippen molar-refractivity contribution in [1.29, 1.82) is 0 Å². The zero-order valence-electron chi connectivity index (χ0n) is 10.2. The molecule has 1 heterocycles. The van der Waals surface area contributed by atoms with E-state index in [0.717, 1.165) is 25.9 Å². The van der Waals surface area contributed by atoms with Crippen molar-refractivity contribution >= 4 is 18.4 Å². The minimum absolute atomic E-state index is 0. The summed E-state index contributed by atoms with van der Waals surface area (Å²) in [6.45, 7) is 6.83. The van der Waals surface area contributed by atoms with Crippen molar-refractivity contribution in [3.8, 4) is 0 Å². The number of nitrogens with zero attached hydrogens (tertiary/aromatic N) is 2. The molecule has 0 spiro atoms. The molecule has 0 aromatic carbocycles. The van der Waals surface area contributed by atoms with E-state index in [1.54, 1.807) is 0 Å². The molecule has 0 saturated carbocycles. The Bertz CT molecular complexity index is 335. The van der Waals surface area contributed by atoms with Crippen LogP contribution in [0.5, 0.6) is 0 Å². The molecule has 1 aromatic rings. The summed E-state index contributed by atoms with van der Waals surface area (Å²) >= 11 is 0. The Labute approximate surface area is 107 Å². The van der Waals surface area contributed by atoms with Crippen LogP contribution < -0.4 is 0 Å². The molecule has 98 valence electrons. The van der Waals surface area contributed by atoms with Gasteiger partial charge in [0.15, 0.2) is 11.5 Å². The normalized spacial score (nSPS) is 10.3. The van der Waals surface area contributed by atoms with E-state index in [9.17, 15) is 4.79 Å². The van der Waals surface area contributed by atoms with Crippen LogP contribution in [-0.4, -0.2) is 34.2 Å². The van der Waals surface area contributed by atoms with Crippen molar-refractivity contribution in [2.45, 2.75) is 33.2 Å². The molecule has 0 bridgehead atoms. The van der Waals surface area contributed by atoms with E-state index in [0.29, 0.717) is 12.3 Å². The van der Waals surface area contributed by atoms with Crippen molar-refractivity contribution in [3.05, 3.63) is 17.5 Å². The lowest BCUT2D eigenvalue weighted by molar-refractivity contribution is 0.0685. The number of rotatable bonds is 7. The van der Waals surface area contributed by atoms with Crippen molar-refractivity contribution in [2.24, 2.45) is 0 Å². The van der Waals surface area contributed by atoms with Crippen LogP contribution in [0, 0.1) is 0 Å². The zero-order chi connectivity index (χ0) is 12.0. The first-order valence-electron chi connectivity index (χ1n) is 5.58. The second-order valence-corrected chi connectivity index (χ2v) is 3.76. The molecule has 1 aromatic heterocycles. The van der Waals surface area contributed by atoms with Gasteiger partial charge in [0.25, 0.3) is 0 Å². The van der Waals surface area contributed by atoms with E-state index in [1.807, 2.05) is 0 Å². The van der Waals surface area contributed by atoms with Crippen LogP contribution in [0.4, 0.5) is 0 Å². The summed E-state index contributed by atoms with van der Waals surface area (Å²) in [6.07, 6.45) is 2.14. The van der Waals surface area contributed by atoms with Gasteiger partial charge >= 0.3 is 5.97 Å². The lowest BCUT2D eigenvalue weighted by atomic mass is 10.3. The van der Waals surface area contributed by atoms with Gasteiger partial charge in [-0.3, -0.25) is 4.90 Å². The number of hydrogen-bond donors (Lipinski definition) is 1. The average Bonchev–Trinajstić information content (AvgIpc) is 2.67. The van der Waals surface area contributed by atoms with E-state index in [4.69, 9.17) is 9.63 Å². The number of carboxylic acid groups (broad SMARTS) is 1. The molecule has 1 rings (SSSR count). The largest absolute Gasteiger partial charge is 0.476 e. The van der Waals surface area contributed by atoms with Crippen molar-refractivity contribution in [2.75, 3.05) is 13.1 Å². The molecule has 0 amide bonds. The summed E-state index contributed by atoms with van der Waals surface area (Å²) in [5.74, 6) is -0.438. The molecule has 17 heavy (non-hydrogen) atoms. The average molecular weight is 263 g/mol. The standard InChI is InChI=1S/C11H18N2O3.ClH/c1-3-5-13(6-4-2)8-9-7-10(11(14)15)12-16-9;/h7H,3-6,8H2,1-2H3,(H,14,15);1H. The molecule has 0 radical (unpaired) electrons. The Morgan fingerprint density at radius 3 is 2.41 bits per heavy atom. The fraction of sp³-hybridized carbons (Fsp3) is 0.636. The van der Waals surface area contributed by atoms with Crippen molar-refractivity contribution in [3.63, 3.8) is 0 Å². The molecule has 0 aliphatic heterocycles. The van der Waals surface area contributed by atoms with Crippen LogP contribution in [0.3, 0.4) is 0 Å². The van der Waals surface area contributed by atoms with Gasteiger partial charge in [0.2, 0.25) is 0 Å². The van der Waals surface area contributed by atoms with Gasteiger partial charge in [0.1, 0.15) is 0 Å². The highest BCUT2D eigenvalue weighted by Gasteiger charge is 2.13. The van der Waals surface area contributed by atoms with Crippen molar-refractivity contribution < 1.29 is 14.4 Å². The summed E-state index contributed by atoms with van der Waals surface area (Å²) < 4.78 is 4.98. The molecule has 5 nitrogen and oxygen atoms in total. The number of aromatic nitrogens is 1. The van der Waals surface area contributed by atoms with Crippen LogP contribution in [-0.2, 0) is 6.54 Å². The van der Waals surface area contributed by atoms with Gasteiger partial charge in [0.05, 0.1) is 6.54 Å². The lowest BCUT2D eigenvalue weighted by Gasteiger charge is -2.18. The molecule has 0 aliphatic rings. The van der Waals surface area contributed by atoms with Crippen LogP contribution in [0.2, 0.25) is 0 Å². The topological polar surface area (TPSA) is 66.6 Å². The third-order valence-corrected chi connectivity index (χ3v) is 2.24. The monoisotopic (exact) mass is 262 g/mol. The summed E-state index contributed by atoms with van der Waals surface area (Å²) in [5.41, 5.74) is -0.0250. The molecule has 0 atom stereocenters. The van der Waals surface area contributed by atoms with E-state index in [-0.39, 0.29) is 18.1 Å². The van der Waals surface area contributed by atoms with Gasteiger partial charge in [-0.25, -0.2) is 4.79 Å². The van der Waals surface area contributed by atoms with E-state index >= 15 is 0 Å². The Morgan fingerprint density at radius 1 is 1.41 bits per heavy atom. The summed E-state index contributed by atoms with van der Waals surface area (Å²) in [6, 6.07) is 1.49. The van der Waals surface area contributed by atoms with E-state index in [2.05, 4.69) is 23.9 Å². The SMILES string of the molecule is CCCN(CCC)Cc1cc(C(=O)O)no1.Cl. The Balaban J connectivity index is 0.00000256. The number of carboxylic acids is 1. The smallest absolute Gasteiger partial charge is 0.358 e. The highest BCUT2D eigenvalue weighted by molar-refractivity contribution is 5.85. The molecule has 6 heteroatoms. The number of hydrogen-bond acceptors (Lipinski definition) is 4. The van der Waals surface area contributed by atoms with Crippen LogP contribution in [0.25, 0.3) is 0 Å². The molecular weight excluding hydrogens is 244 g/mol. The number of carbonyl (C=O) groups is 1. The summed E-state index contributed by atoms with van der Waals surface area (Å²) in [5, 5.41) is 12.2. The maximum Gasteiger partial charge on any atom is 0.358 e. The fourth-order valence-corrected chi connectivity index (χ4v) is 1.61. The first-order valence-corrected chi connectivity index (χ1v) is 5.58. The third kappa shape index (κ3) is 5.19. The molecule has 1 N–H and O–H groups in total. The van der Waals surface area contributed by atoms with Gasteiger partial charge in [-0.05, 0) is 25.9 Å². The molecule has 0 unspecified atom stereocenters. The van der Waals surface area contributed by atoms with Crippen molar-refractivity contribution in [1.82, 2.24) is 10.1 Å². The fourth-order valence-electron chi connectivity index (χ4n) is 1.61. The Morgan fingerprint density at radius 2 is 2.00 bits per heavy atom. The van der Waals surface area contributed by atoms with Gasteiger partial charge in [-0.1, -0.05) is 19.0 Å². The van der Waals surface area contributed by atoms with Gasteiger partial charge in [0, 0.05) is 6.07 Å². The first kappa shape index (κ1) is 15.9. The first-order chi connectivity index (χ1) is 7.67. The second kappa shape index (κ2) is 8.08. The number of halogens is 1. The summed E-state index contributed by atoms with van der Waals surface area (Å²) in [7, 11) is 0. The predicted molar refractivity (Wildman–Crippen MR) is 66.6 cm³/mol. The maximum atomic E-state index is 10.6. The third-order valence-electron chi connectivity index (χ3n) is 2.24. The van der Waals surface area contributed by atoms with Crippen LogP contribution >= 0.6 is 12.4 Å². The van der Waals surface area contributed by atoms with E-state index < -0.39 is 5.97 Å². The highest BCUT2D eigenvalue weighted by Crippen LogP contribution is 2.08. The molecular formula is C11H19ClN2O3. The number of aromatic carboxylic acids is 1. The van der Waals surface area contributed by atoms with Gasteiger partial charge < -0.3 is 9.63 Å². The minimum atomic E-state index is -1.05. The predicted octanol–water partition coefficient (Wildman–Crippen LogP) is 2.42. The highest BCUT2D eigenvalue weighted by atomic mass is 35.5.